The van der Waals surface area contributed by atoms with Crippen LogP contribution in [-0.2, 0) is 6.61 Å². The molecule has 2 aromatic carbocycles. The second kappa shape index (κ2) is 6.37. The zero-order valence-electron chi connectivity index (χ0n) is 12.7. The first-order valence-electron chi connectivity index (χ1n) is 7.48. The molecule has 0 radical (unpaired) electrons. The van der Waals surface area contributed by atoms with Crippen molar-refractivity contribution < 1.29 is 9.15 Å². The first-order chi connectivity index (χ1) is 11.9. The maximum atomic E-state index is 5.85. The molecule has 0 unspecified atom stereocenters. The zero-order chi connectivity index (χ0) is 16.2. The van der Waals surface area contributed by atoms with Gasteiger partial charge in [-0.1, -0.05) is 42.5 Å². The number of hydrogen-bond acceptors (Lipinski definition) is 5. The fourth-order valence-corrected chi connectivity index (χ4v) is 2.38. The Labute approximate surface area is 138 Å². The number of ether oxygens (including phenoxy) is 1. The highest BCUT2D eigenvalue weighted by Crippen LogP contribution is 2.27. The molecule has 6 heteroatoms. The molecule has 0 spiro atoms. The molecule has 0 bridgehead atoms. The van der Waals surface area contributed by atoms with Gasteiger partial charge in [0.25, 0.3) is 0 Å². The number of nitrogens with zero attached hydrogens (tertiary/aromatic N) is 3. The van der Waals surface area contributed by atoms with Gasteiger partial charge in [-0.2, -0.15) is 5.10 Å². The summed E-state index contributed by atoms with van der Waals surface area (Å²) in [6.45, 7) is 0.234. The number of nitrogens with one attached hydrogen (secondary N) is 1. The van der Waals surface area contributed by atoms with E-state index in [-0.39, 0.29) is 6.61 Å². The Morgan fingerprint density at radius 1 is 0.958 bits per heavy atom. The molecule has 6 nitrogen and oxygen atoms in total. The Hall–Kier alpha value is -3.41. The van der Waals surface area contributed by atoms with Gasteiger partial charge in [0, 0.05) is 5.56 Å². The summed E-state index contributed by atoms with van der Waals surface area (Å²) in [6.07, 6.45) is 3.17. The molecule has 0 atom stereocenters. The average Bonchev–Trinajstić information content (AvgIpc) is 3.33. The molecular formula is C18H14N4O2. The van der Waals surface area contributed by atoms with Crippen molar-refractivity contribution in [2.75, 3.05) is 0 Å². The van der Waals surface area contributed by atoms with Gasteiger partial charge in [0.2, 0.25) is 5.89 Å². The van der Waals surface area contributed by atoms with E-state index in [9.17, 15) is 0 Å². The molecule has 0 saturated heterocycles. The molecule has 2 heterocycles. The molecule has 4 rings (SSSR count). The second-order valence-corrected chi connectivity index (χ2v) is 5.10. The van der Waals surface area contributed by atoms with E-state index in [1.54, 1.807) is 6.20 Å². The summed E-state index contributed by atoms with van der Waals surface area (Å²) in [7, 11) is 0. The van der Waals surface area contributed by atoms with Gasteiger partial charge in [-0.15, -0.1) is 0 Å². The van der Waals surface area contributed by atoms with Crippen molar-refractivity contribution in [2.24, 2.45) is 0 Å². The molecule has 2 aromatic heterocycles. The molecule has 0 aliphatic rings. The molecule has 0 amide bonds. The number of aromatic nitrogens is 4. The molecule has 0 aliphatic heterocycles. The number of benzene rings is 2. The van der Waals surface area contributed by atoms with Crippen LogP contribution in [0, 0.1) is 0 Å². The van der Waals surface area contributed by atoms with Gasteiger partial charge in [-0.3, -0.25) is 5.10 Å². The molecule has 118 valence electrons. The maximum absolute atomic E-state index is 5.85. The van der Waals surface area contributed by atoms with Crippen LogP contribution in [0.3, 0.4) is 0 Å². The van der Waals surface area contributed by atoms with Gasteiger partial charge in [0.15, 0.2) is 18.2 Å². The molecule has 24 heavy (non-hydrogen) atoms. The van der Waals surface area contributed by atoms with Crippen molar-refractivity contribution in [1.82, 2.24) is 20.2 Å². The zero-order valence-corrected chi connectivity index (χ0v) is 12.7. The van der Waals surface area contributed by atoms with Crippen molar-refractivity contribution in [3.8, 4) is 28.5 Å². The van der Waals surface area contributed by atoms with Gasteiger partial charge in [0.05, 0.1) is 11.8 Å². The van der Waals surface area contributed by atoms with Crippen LogP contribution in [0.2, 0.25) is 0 Å². The maximum Gasteiger partial charge on any atom is 0.232 e. The van der Waals surface area contributed by atoms with Crippen molar-refractivity contribution in [1.29, 1.82) is 0 Å². The predicted octanol–water partition coefficient (Wildman–Crippen LogP) is 3.71. The third kappa shape index (κ3) is 2.89. The standard InChI is InChI=1S/C18H14N4O2/c1-2-6-13(7-3-1)16-10-19-17(24-16)11-23-15-9-5-4-8-14(15)18-20-12-21-22-18/h1-10,12H,11H2,(H,20,21,22). The summed E-state index contributed by atoms with van der Waals surface area (Å²) in [6, 6.07) is 17.5. The van der Waals surface area contributed by atoms with Crippen LogP contribution < -0.4 is 4.74 Å². The van der Waals surface area contributed by atoms with Crippen LogP contribution in [0.5, 0.6) is 5.75 Å². The second-order valence-electron chi connectivity index (χ2n) is 5.10. The fourth-order valence-electron chi connectivity index (χ4n) is 2.38. The SMILES string of the molecule is c1ccc(-c2cnc(COc3ccccc3-c3ncn[nH]3)o2)cc1. The number of para-hydroxylation sites is 1. The van der Waals surface area contributed by atoms with Gasteiger partial charge in [-0.05, 0) is 12.1 Å². The van der Waals surface area contributed by atoms with Crippen LogP contribution in [0.4, 0.5) is 0 Å². The van der Waals surface area contributed by atoms with E-state index in [0.29, 0.717) is 17.5 Å². The van der Waals surface area contributed by atoms with Gasteiger partial charge >= 0.3 is 0 Å². The Balaban J connectivity index is 1.51. The van der Waals surface area contributed by atoms with Crippen molar-refractivity contribution >= 4 is 0 Å². The Morgan fingerprint density at radius 2 is 1.79 bits per heavy atom. The van der Waals surface area contributed by atoms with Crippen LogP contribution in [-0.4, -0.2) is 20.2 Å². The minimum absolute atomic E-state index is 0.234. The van der Waals surface area contributed by atoms with E-state index in [4.69, 9.17) is 9.15 Å². The lowest BCUT2D eigenvalue weighted by Gasteiger charge is -2.07. The number of rotatable bonds is 5. The van der Waals surface area contributed by atoms with Crippen LogP contribution in [0.15, 0.2) is 71.5 Å². The van der Waals surface area contributed by atoms with Crippen LogP contribution >= 0.6 is 0 Å². The Morgan fingerprint density at radius 3 is 2.62 bits per heavy atom. The van der Waals surface area contributed by atoms with Crippen molar-refractivity contribution in [3.63, 3.8) is 0 Å². The monoisotopic (exact) mass is 318 g/mol. The van der Waals surface area contributed by atoms with Crippen molar-refractivity contribution in [3.05, 3.63) is 73.0 Å². The molecule has 0 saturated carbocycles. The van der Waals surface area contributed by atoms with Gasteiger partial charge in [-0.25, -0.2) is 9.97 Å². The van der Waals surface area contributed by atoms with E-state index < -0.39 is 0 Å². The smallest absolute Gasteiger partial charge is 0.232 e. The highest BCUT2D eigenvalue weighted by atomic mass is 16.5. The largest absolute Gasteiger partial charge is 0.483 e. The van der Waals surface area contributed by atoms with Crippen LogP contribution in [0.1, 0.15) is 5.89 Å². The first kappa shape index (κ1) is 14.2. The van der Waals surface area contributed by atoms with E-state index in [1.807, 2.05) is 54.6 Å². The predicted molar refractivity (Wildman–Crippen MR) is 88.1 cm³/mol. The van der Waals surface area contributed by atoms with E-state index in [1.165, 1.54) is 6.33 Å². The molecular weight excluding hydrogens is 304 g/mol. The highest BCUT2D eigenvalue weighted by Gasteiger charge is 2.11. The summed E-state index contributed by atoms with van der Waals surface area (Å²) < 4.78 is 11.6. The van der Waals surface area contributed by atoms with Crippen LogP contribution in [0.25, 0.3) is 22.7 Å². The topological polar surface area (TPSA) is 76.8 Å². The number of oxazole rings is 1. The summed E-state index contributed by atoms with van der Waals surface area (Å²) in [5.74, 6) is 2.58. The highest BCUT2D eigenvalue weighted by molar-refractivity contribution is 5.63. The minimum Gasteiger partial charge on any atom is -0.483 e. The normalized spacial score (nSPS) is 10.7. The number of aromatic amines is 1. The number of hydrogen-bond donors (Lipinski definition) is 1. The van der Waals surface area contributed by atoms with Gasteiger partial charge < -0.3 is 9.15 Å². The molecule has 4 aromatic rings. The Bertz CT molecular complexity index is 917. The lowest BCUT2D eigenvalue weighted by atomic mass is 10.2. The summed E-state index contributed by atoms with van der Waals surface area (Å²) >= 11 is 0. The quantitative estimate of drug-likeness (QED) is 0.607. The summed E-state index contributed by atoms with van der Waals surface area (Å²) in [5, 5.41) is 6.71. The molecule has 0 aliphatic carbocycles. The van der Waals surface area contributed by atoms with Crippen molar-refractivity contribution in [2.45, 2.75) is 6.61 Å². The summed E-state index contributed by atoms with van der Waals surface area (Å²) in [5.41, 5.74) is 1.82. The Kier molecular flexibility index (Phi) is 3.77. The third-order valence-electron chi connectivity index (χ3n) is 3.52. The third-order valence-corrected chi connectivity index (χ3v) is 3.52. The fraction of sp³-hybridized carbons (Fsp3) is 0.0556. The lowest BCUT2D eigenvalue weighted by molar-refractivity contribution is 0.265. The van der Waals surface area contributed by atoms with E-state index in [0.717, 1.165) is 16.9 Å². The van der Waals surface area contributed by atoms with E-state index >= 15 is 0 Å². The molecule has 0 fully saturated rings. The van der Waals surface area contributed by atoms with E-state index in [2.05, 4.69) is 20.2 Å². The molecule has 1 N–H and O–H groups in total. The summed E-state index contributed by atoms with van der Waals surface area (Å²) in [4.78, 5) is 8.43. The lowest BCUT2D eigenvalue weighted by Crippen LogP contribution is -1.97. The minimum atomic E-state index is 0.234. The first-order valence-corrected chi connectivity index (χ1v) is 7.48. The number of H-pyrrole nitrogens is 1. The van der Waals surface area contributed by atoms with Gasteiger partial charge in [0.1, 0.15) is 12.1 Å². The average molecular weight is 318 g/mol.